The second-order valence-electron chi connectivity index (χ2n) is 7.90. The van der Waals surface area contributed by atoms with E-state index in [4.69, 9.17) is 0 Å². The van der Waals surface area contributed by atoms with Crippen molar-refractivity contribution in [2.45, 2.75) is 43.4 Å². The molecule has 0 atom stereocenters. The average molecular weight is 379 g/mol. The first kappa shape index (κ1) is 18.2. The summed E-state index contributed by atoms with van der Waals surface area (Å²) in [6.07, 6.45) is 8.57. The fourth-order valence-electron chi connectivity index (χ4n) is 4.46. The van der Waals surface area contributed by atoms with Gasteiger partial charge in [0.05, 0.1) is 0 Å². The fourth-order valence-corrected chi connectivity index (χ4v) is 5.93. The molecule has 0 radical (unpaired) electrons. The van der Waals surface area contributed by atoms with Gasteiger partial charge in [-0.25, -0.2) is 13.4 Å². The van der Waals surface area contributed by atoms with Gasteiger partial charge in [-0.1, -0.05) is 0 Å². The van der Waals surface area contributed by atoms with E-state index in [0.29, 0.717) is 18.0 Å². The number of sulfonamides is 1. The highest BCUT2D eigenvalue weighted by Crippen LogP contribution is 2.26. The second-order valence-corrected chi connectivity index (χ2v) is 9.84. The SMILES string of the molecule is O=S(=O)(c1ccc(N2CCC(CN3CCCC3)CC2)nc1)N1CCCC1. The van der Waals surface area contributed by atoms with E-state index in [2.05, 4.69) is 14.8 Å². The molecule has 0 bridgehead atoms. The molecule has 0 amide bonds. The number of anilines is 1. The highest BCUT2D eigenvalue weighted by atomic mass is 32.2. The molecule has 3 aliphatic heterocycles. The first-order valence-corrected chi connectivity index (χ1v) is 11.5. The molecule has 0 aliphatic carbocycles. The molecule has 3 fully saturated rings. The van der Waals surface area contributed by atoms with Gasteiger partial charge in [0.2, 0.25) is 10.0 Å². The van der Waals surface area contributed by atoms with Gasteiger partial charge in [0, 0.05) is 38.9 Å². The van der Waals surface area contributed by atoms with Crippen molar-refractivity contribution in [1.82, 2.24) is 14.2 Å². The average Bonchev–Trinajstić information content (AvgIpc) is 3.37. The van der Waals surface area contributed by atoms with Gasteiger partial charge in [0.1, 0.15) is 10.7 Å². The molecule has 4 heterocycles. The lowest BCUT2D eigenvalue weighted by atomic mass is 9.96. The van der Waals surface area contributed by atoms with Crippen LogP contribution in [0.4, 0.5) is 5.82 Å². The Bertz CT molecular complexity index is 687. The van der Waals surface area contributed by atoms with Crippen LogP contribution in [0.2, 0.25) is 0 Å². The number of rotatable bonds is 5. The predicted molar refractivity (Wildman–Crippen MR) is 103 cm³/mol. The molecule has 3 saturated heterocycles. The summed E-state index contributed by atoms with van der Waals surface area (Å²) in [6, 6.07) is 3.61. The summed E-state index contributed by atoms with van der Waals surface area (Å²) in [7, 11) is -3.36. The number of pyridine rings is 1. The van der Waals surface area contributed by atoms with Gasteiger partial charge in [0.25, 0.3) is 0 Å². The number of hydrogen-bond donors (Lipinski definition) is 0. The lowest BCUT2D eigenvalue weighted by molar-refractivity contribution is 0.249. The predicted octanol–water partition coefficient (Wildman–Crippen LogP) is 2.18. The molecule has 7 heteroatoms. The van der Waals surface area contributed by atoms with Crippen LogP contribution in [-0.2, 0) is 10.0 Å². The van der Waals surface area contributed by atoms with Crippen LogP contribution in [-0.4, -0.2) is 68.4 Å². The second kappa shape index (κ2) is 7.82. The molecular formula is C19H30N4O2S. The third kappa shape index (κ3) is 3.89. The van der Waals surface area contributed by atoms with Crippen molar-refractivity contribution in [3.63, 3.8) is 0 Å². The number of aromatic nitrogens is 1. The van der Waals surface area contributed by atoms with Crippen LogP contribution in [0.1, 0.15) is 38.5 Å². The third-order valence-electron chi connectivity index (χ3n) is 6.08. The zero-order chi connectivity index (χ0) is 18.0. The highest BCUT2D eigenvalue weighted by molar-refractivity contribution is 7.89. The lowest BCUT2D eigenvalue weighted by Crippen LogP contribution is -2.38. The Kier molecular flexibility index (Phi) is 5.47. The Labute approximate surface area is 157 Å². The molecule has 0 spiro atoms. The molecule has 144 valence electrons. The number of hydrogen-bond acceptors (Lipinski definition) is 5. The van der Waals surface area contributed by atoms with Crippen molar-refractivity contribution in [3.05, 3.63) is 18.3 Å². The molecule has 3 aliphatic rings. The standard InChI is InChI=1S/C19H30N4O2S/c24-26(25,23-11-3-4-12-23)18-5-6-19(20-15-18)22-13-7-17(8-14-22)16-21-9-1-2-10-21/h5-6,15,17H,1-4,7-14,16H2. The van der Waals surface area contributed by atoms with Crippen molar-refractivity contribution in [2.75, 3.05) is 50.7 Å². The van der Waals surface area contributed by atoms with Gasteiger partial charge < -0.3 is 9.80 Å². The van der Waals surface area contributed by atoms with Crippen LogP contribution in [0.5, 0.6) is 0 Å². The van der Waals surface area contributed by atoms with E-state index in [-0.39, 0.29) is 0 Å². The summed E-state index contributed by atoms with van der Waals surface area (Å²) in [5.41, 5.74) is 0. The van der Waals surface area contributed by atoms with E-state index >= 15 is 0 Å². The zero-order valence-electron chi connectivity index (χ0n) is 15.5. The maximum Gasteiger partial charge on any atom is 0.244 e. The fraction of sp³-hybridized carbons (Fsp3) is 0.737. The first-order chi connectivity index (χ1) is 12.6. The van der Waals surface area contributed by atoms with Gasteiger partial charge in [-0.05, 0) is 69.7 Å². The van der Waals surface area contributed by atoms with Crippen molar-refractivity contribution in [3.8, 4) is 0 Å². The van der Waals surface area contributed by atoms with Crippen LogP contribution in [0.3, 0.4) is 0 Å². The minimum absolute atomic E-state index is 0.326. The molecule has 26 heavy (non-hydrogen) atoms. The molecule has 0 saturated carbocycles. The minimum atomic E-state index is -3.36. The largest absolute Gasteiger partial charge is 0.357 e. The van der Waals surface area contributed by atoms with Gasteiger partial charge in [-0.15, -0.1) is 0 Å². The number of piperidine rings is 1. The van der Waals surface area contributed by atoms with Crippen LogP contribution >= 0.6 is 0 Å². The van der Waals surface area contributed by atoms with Crippen LogP contribution in [0, 0.1) is 5.92 Å². The summed E-state index contributed by atoms with van der Waals surface area (Å²) in [6.45, 7) is 7.09. The molecule has 6 nitrogen and oxygen atoms in total. The topological polar surface area (TPSA) is 56.8 Å². The molecule has 1 aromatic heterocycles. The summed E-state index contributed by atoms with van der Waals surface area (Å²) < 4.78 is 26.8. The maximum atomic E-state index is 12.6. The third-order valence-corrected chi connectivity index (χ3v) is 7.96. The Morgan fingerprint density at radius 2 is 1.58 bits per heavy atom. The van der Waals surface area contributed by atoms with E-state index < -0.39 is 10.0 Å². The van der Waals surface area contributed by atoms with E-state index in [0.717, 1.165) is 37.7 Å². The van der Waals surface area contributed by atoms with Crippen LogP contribution < -0.4 is 4.90 Å². The van der Waals surface area contributed by atoms with E-state index in [9.17, 15) is 8.42 Å². The molecule has 0 unspecified atom stereocenters. The van der Waals surface area contributed by atoms with Gasteiger partial charge >= 0.3 is 0 Å². The summed E-state index contributed by atoms with van der Waals surface area (Å²) >= 11 is 0. The Morgan fingerprint density at radius 3 is 2.19 bits per heavy atom. The molecule has 0 aromatic carbocycles. The maximum absolute atomic E-state index is 12.6. The molecule has 1 aromatic rings. The van der Waals surface area contributed by atoms with Gasteiger partial charge in [0.15, 0.2) is 0 Å². The lowest BCUT2D eigenvalue weighted by Gasteiger charge is -2.34. The van der Waals surface area contributed by atoms with Crippen LogP contribution in [0.15, 0.2) is 23.2 Å². The van der Waals surface area contributed by atoms with Gasteiger partial charge in [-0.3, -0.25) is 0 Å². The minimum Gasteiger partial charge on any atom is -0.357 e. The number of likely N-dealkylation sites (tertiary alicyclic amines) is 1. The van der Waals surface area contributed by atoms with Crippen molar-refractivity contribution < 1.29 is 8.42 Å². The summed E-state index contributed by atoms with van der Waals surface area (Å²) in [4.78, 5) is 9.71. The molecular weight excluding hydrogens is 348 g/mol. The smallest absolute Gasteiger partial charge is 0.244 e. The number of nitrogens with zero attached hydrogens (tertiary/aromatic N) is 4. The van der Waals surface area contributed by atoms with Crippen molar-refractivity contribution in [1.29, 1.82) is 0 Å². The van der Waals surface area contributed by atoms with E-state index in [1.165, 1.54) is 45.3 Å². The van der Waals surface area contributed by atoms with Crippen molar-refractivity contribution >= 4 is 15.8 Å². The quantitative estimate of drug-likeness (QED) is 0.786. The van der Waals surface area contributed by atoms with Gasteiger partial charge in [-0.2, -0.15) is 4.31 Å². The molecule has 0 N–H and O–H groups in total. The normalized spacial score (nSPS) is 23.8. The first-order valence-electron chi connectivity index (χ1n) is 10.1. The molecule has 4 rings (SSSR count). The van der Waals surface area contributed by atoms with E-state index in [1.54, 1.807) is 16.6 Å². The highest BCUT2D eigenvalue weighted by Gasteiger charge is 2.28. The van der Waals surface area contributed by atoms with E-state index in [1.807, 2.05) is 6.07 Å². The summed E-state index contributed by atoms with van der Waals surface area (Å²) in [5, 5.41) is 0. The van der Waals surface area contributed by atoms with Crippen LogP contribution in [0.25, 0.3) is 0 Å². The Hall–Kier alpha value is -1.18. The van der Waals surface area contributed by atoms with Crippen molar-refractivity contribution in [2.24, 2.45) is 5.92 Å². The Morgan fingerprint density at radius 1 is 0.923 bits per heavy atom. The Balaban J connectivity index is 1.34. The zero-order valence-corrected chi connectivity index (χ0v) is 16.3. The monoisotopic (exact) mass is 378 g/mol. The summed E-state index contributed by atoms with van der Waals surface area (Å²) in [5.74, 6) is 1.70.